The number of aliphatic hydroxyl groups is 2. The van der Waals surface area contributed by atoms with Crippen molar-refractivity contribution in [1.29, 1.82) is 0 Å². The Morgan fingerprint density at radius 2 is 1.31 bits per heavy atom. The minimum atomic E-state index is -0.957. The van der Waals surface area contributed by atoms with E-state index in [4.69, 9.17) is 0 Å². The van der Waals surface area contributed by atoms with E-state index in [1.807, 2.05) is 0 Å². The molecule has 8 heteroatoms. The molecule has 0 spiro atoms. The molecule has 1 aliphatic heterocycles. The fourth-order valence-electron chi connectivity index (χ4n) is 1.81. The number of aromatic nitrogens is 4. The van der Waals surface area contributed by atoms with Crippen LogP contribution in [0.25, 0.3) is 0 Å². The zero-order valence-corrected chi connectivity index (χ0v) is 10.9. The predicted molar refractivity (Wildman–Crippen MR) is 60.6 cm³/mol. The maximum atomic E-state index is 10.1. The van der Waals surface area contributed by atoms with Crippen molar-refractivity contribution in [1.82, 2.24) is 19.6 Å². The summed E-state index contributed by atoms with van der Waals surface area (Å²) in [5.41, 5.74) is 0.964. The summed E-state index contributed by atoms with van der Waals surface area (Å²) in [6.07, 6.45) is 1.15. The van der Waals surface area contributed by atoms with Gasteiger partial charge in [0.05, 0.1) is 21.3 Å². The van der Waals surface area contributed by atoms with Crippen molar-refractivity contribution in [3.8, 4) is 0 Å². The van der Waals surface area contributed by atoms with E-state index in [0.717, 1.165) is 0 Å². The van der Waals surface area contributed by atoms with Gasteiger partial charge < -0.3 is 10.2 Å². The highest BCUT2D eigenvalue weighted by molar-refractivity contribution is 9.10. The highest BCUT2D eigenvalue weighted by Gasteiger charge is 2.34. The van der Waals surface area contributed by atoms with Gasteiger partial charge >= 0.3 is 0 Å². The van der Waals surface area contributed by atoms with E-state index in [1.165, 1.54) is 21.8 Å². The standard InChI is InChI=1S/C8H6Br2N4O2/c9-3-1-11-13-5(3)7(15)14-6(8(13)16)4(10)2-12-14/h1-2,7-8,15-16H. The van der Waals surface area contributed by atoms with Crippen LogP contribution in [0.15, 0.2) is 21.3 Å². The SMILES string of the molecule is OC1c2c(Br)cnn2C(O)c2c(Br)cnn21. The highest BCUT2D eigenvalue weighted by atomic mass is 79.9. The normalized spacial score (nSPS) is 23.0. The van der Waals surface area contributed by atoms with Gasteiger partial charge in [-0.15, -0.1) is 0 Å². The van der Waals surface area contributed by atoms with Crippen LogP contribution >= 0.6 is 31.9 Å². The first-order valence-corrected chi connectivity index (χ1v) is 6.02. The number of hydrogen-bond donors (Lipinski definition) is 2. The van der Waals surface area contributed by atoms with E-state index in [2.05, 4.69) is 42.1 Å². The summed E-state index contributed by atoms with van der Waals surface area (Å²) in [6.45, 7) is 0. The Balaban J connectivity index is 2.29. The predicted octanol–water partition coefficient (Wildman–Crippen LogP) is 0.996. The third-order valence-electron chi connectivity index (χ3n) is 2.53. The van der Waals surface area contributed by atoms with Gasteiger partial charge in [-0.1, -0.05) is 0 Å². The van der Waals surface area contributed by atoms with Crippen LogP contribution in [0.1, 0.15) is 23.8 Å². The van der Waals surface area contributed by atoms with Gasteiger partial charge in [0.1, 0.15) is 11.4 Å². The van der Waals surface area contributed by atoms with Crippen LogP contribution in [0.5, 0.6) is 0 Å². The van der Waals surface area contributed by atoms with Crippen LogP contribution in [0.2, 0.25) is 0 Å². The zero-order valence-electron chi connectivity index (χ0n) is 7.75. The van der Waals surface area contributed by atoms with Gasteiger partial charge in [-0.3, -0.25) is 0 Å². The third-order valence-corrected chi connectivity index (χ3v) is 3.75. The molecule has 0 fully saturated rings. The molecular formula is C8H6Br2N4O2. The summed E-state index contributed by atoms with van der Waals surface area (Å²) in [5, 5.41) is 28.2. The molecule has 2 atom stereocenters. The topological polar surface area (TPSA) is 76.1 Å². The molecule has 3 heterocycles. The summed E-state index contributed by atoms with van der Waals surface area (Å²) < 4.78 is 3.99. The Morgan fingerprint density at radius 1 is 0.938 bits per heavy atom. The van der Waals surface area contributed by atoms with Crippen molar-refractivity contribution in [2.24, 2.45) is 0 Å². The number of hydrogen-bond acceptors (Lipinski definition) is 4. The monoisotopic (exact) mass is 348 g/mol. The summed E-state index contributed by atoms with van der Waals surface area (Å²) >= 11 is 6.54. The average Bonchev–Trinajstić information content (AvgIpc) is 2.80. The van der Waals surface area contributed by atoms with Gasteiger partial charge in [-0.25, -0.2) is 9.36 Å². The number of halogens is 2. The van der Waals surface area contributed by atoms with E-state index in [1.54, 1.807) is 0 Å². The van der Waals surface area contributed by atoms with Gasteiger partial charge in [-0.2, -0.15) is 10.2 Å². The van der Waals surface area contributed by atoms with Crippen LogP contribution in [0.3, 0.4) is 0 Å². The lowest BCUT2D eigenvalue weighted by Gasteiger charge is -2.26. The average molecular weight is 350 g/mol. The second kappa shape index (κ2) is 3.39. The lowest BCUT2D eigenvalue weighted by molar-refractivity contribution is 0.0416. The Kier molecular flexibility index (Phi) is 2.22. The van der Waals surface area contributed by atoms with Crippen molar-refractivity contribution in [2.75, 3.05) is 0 Å². The van der Waals surface area contributed by atoms with Crippen molar-refractivity contribution < 1.29 is 10.2 Å². The van der Waals surface area contributed by atoms with Crippen molar-refractivity contribution in [2.45, 2.75) is 12.5 Å². The third kappa shape index (κ3) is 1.18. The van der Waals surface area contributed by atoms with E-state index in [0.29, 0.717) is 20.3 Å². The van der Waals surface area contributed by atoms with E-state index in [-0.39, 0.29) is 0 Å². The molecular weight excluding hydrogens is 344 g/mol. The van der Waals surface area contributed by atoms with Gasteiger partial charge in [0.15, 0.2) is 12.5 Å². The lowest BCUT2D eigenvalue weighted by Crippen LogP contribution is -2.30. The molecule has 84 valence electrons. The van der Waals surface area contributed by atoms with Crippen LogP contribution in [-0.2, 0) is 0 Å². The van der Waals surface area contributed by atoms with Gasteiger partial charge in [-0.05, 0) is 31.9 Å². The minimum Gasteiger partial charge on any atom is -0.367 e. The van der Waals surface area contributed by atoms with Crippen LogP contribution in [0, 0.1) is 0 Å². The van der Waals surface area contributed by atoms with E-state index < -0.39 is 12.5 Å². The molecule has 2 N–H and O–H groups in total. The summed E-state index contributed by atoms with van der Waals surface area (Å²) in [6, 6.07) is 0. The first-order valence-electron chi connectivity index (χ1n) is 4.43. The summed E-state index contributed by atoms with van der Waals surface area (Å²) in [4.78, 5) is 0. The molecule has 0 amide bonds. The second-order valence-corrected chi connectivity index (χ2v) is 5.10. The Morgan fingerprint density at radius 3 is 1.69 bits per heavy atom. The molecule has 0 radical (unpaired) electrons. The van der Waals surface area contributed by atoms with Crippen molar-refractivity contribution in [3.63, 3.8) is 0 Å². The summed E-state index contributed by atoms with van der Waals surface area (Å²) in [5.74, 6) is 0. The fraction of sp³-hybridized carbons (Fsp3) is 0.250. The maximum absolute atomic E-state index is 10.1. The molecule has 0 bridgehead atoms. The molecule has 2 unspecified atom stereocenters. The maximum Gasteiger partial charge on any atom is 0.191 e. The van der Waals surface area contributed by atoms with E-state index in [9.17, 15) is 10.2 Å². The molecule has 0 aromatic carbocycles. The molecule has 3 rings (SSSR count). The Bertz CT molecular complexity index is 514. The molecule has 1 aliphatic rings. The number of fused-ring (bicyclic) bond motifs is 2. The van der Waals surface area contributed by atoms with Crippen molar-refractivity contribution >= 4 is 31.9 Å². The Labute approximate surface area is 107 Å². The summed E-state index contributed by atoms with van der Waals surface area (Å²) in [7, 11) is 0. The van der Waals surface area contributed by atoms with Crippen molar-refractivity contribution in [3.05, 3.63) is 32.7 Å². The van der Waals surface area contributed by atoms with Crippen LogP contribution < -0.4 is 0 Å². The molecule has 2 aromatic heterocycles. The molecule has 0 saturated heterocycles. The minimum absolute atomic E-state index is 0.482. The largest absolute Gasteiger partial charge is 0.367 e. The number of rotatable bonds is 0. The van der Waals surface area contributed by atoms with Crippen LogP contribution in [0.4, 0.5) is 0 Å². The molecule has 0 aliphatic carbocycles. The molecule has 0 saturated carbocycles. The quantitative estimate of drug-likeness (QED) is 0.743. The first kappa shape index (κ1) is 10.5. The van der Waals surface area contributed by atoms with Gasteiger partial charge in [0.2, 0.25) is 0 Å². The second-order valence-electron chi connectivity index (χ2n) is 3.39. The molecule has 16 heavy (non-hydrogen) atoms. The Hall–Kier alpha value is -0.700. The number of aliphatic hydroxyl groups excluding tert-OH is 2. The number of nitrogens with zero attached hydrogens (tertiary/aromatic N) is 4. The van der Waals surface area contributed by atoms with Gasteiger partial charge in [0.25, 0.3) is 0 Å². The smallest absolute Gasteiger partial charge is 0.191 e. The van der Waals surface area contributed by atoms with Gasteiger partial charge in [0, 0.05) is 0 Å². The molecule has 6 nitrogen and oxygen atoms in total. The first-order chi connectivity index (χ1) is 7.61. The highest BCUT2D eigenvalue weighted by Crippen LogP contribution is 2.37. The fourth-order valence-corrected chi connectivity index (χ4v) is 2.76. The van der Waals surface area contributed by atoms with E-state index >= 15 is 0 Å². The van der Waals surface area contributed by atoms with Crippen LogP contribution in [-0.4, -0.2) is 29.8 Å². The lowest BCUT2D eigenvalue weighted by atomic mass is 10.2. The zero-order chi connectivity index (χ0) is 11.4. The molecule has 2 aromatic rings.